The molecule has 2 rings (SSSR count). The van der Waals surface area contributed by atoms with Gasteiger partial charge in [0.05, 0.1) is 12.1 Å². The van der Waals surface area contributed by atoms with E-state index in [2.05, 4.69) is 14.7 Å². The van der Waals surface area contributed by atoms with E-state index in [4.69, 9.17) is 11.6 Å². The van der Waals surface area contributed by atoms with Gasteiger partial charge in [0.1, 0.15) is 16.9 Å². The van der Waals surface area contributed by atoms with Gasteiger partial charge in [0.25, 0.3) is 0 Å². The SMILES string of the molecule is COC(=O)c1cncnc1Sc1ccccc1Cl. The number of esters is 1. The minimum atomic E-state index is -0.467. The highest BCUT2D eigenvalue weighted by molar-refractivity contribution is 7.99. The van der Waals surface area contributed by atoms with Crippen LogP contribution < -0.4 is 0 Å². The summed E-state index contributed by atoms with van der Waals surface area (Å²) in [5.41, 5.74) is 0.324. The molecule has 18 heavy (non-hydrogen) atoms. The zero-order chi connectivity index (χ0) is 13.0. The molecule has 0 aliphatic carbocycles. The molecule has 0 radical (unpaired) electrons. The highest BCUT2D eigenvalue weighted by atomic mass is 35.5. The lowest BCUT2D eigenvalue weighted by Crippen LogP contribution is -2.05. The van der Waals surface area contributed by atoms with Crippen molar-refractivity contribution in [2.75, 3.05) is 7.11 Å². The number of rotatable bonds is 3. The molecule has 1 aromatic heterocycles. The summed E-state index contributed by atoms with van der Waals surface area (Å²) >= 11 is 7.36. The maximum atomic E-state index is 11.6. The minimum Gasteiger partial charge on any atom is -0.465 e. The maximum Gasteiger partial charge on any atom is 0.342 e. The van der Waals surface area contributed by atoms with Crippen molar-refractivity contribution in [1.29, 1.82) is 0 Å². The largest absolute Gasteiger partial charge is 0.465 e. The van der Waals surface area contributed by atoms with E-state index in [9.17, 15) is 4.79 Å². The number of carbonyl (C=O) groups is 1. The summed E-state index contributed by atoms with van der Waals surface area (Å²) in [7, 11) is 1.32. The van der Waals surface area contributed by atoms with Gasteiger partial charge in [-0.2, -0.15) is 0 Å². The number of benzene rings is 1. The summed E-state index contributed by atoms with van der Waals surface area (Å²) in [6, 6.07) is 7.35. The molecule has 1 heterocycles. The standard InChI is InChI=1S/C12H9ClN2O2S/c1-17-12(16)8-6-14-7-15-11(8)18-10-5-3-2-4-9(10)13/h2-7H,1H3. The van der Waals surface area contributed by atoms with Gasteiger partial charge in [-0.3, -0.25) is 0 Å². The van der Waals surface area contributed by atoms with Crippen molar-refractivity contribution in [2.45, 2.75) is 9.92 Å². The second-order valence-electron chi connectivity index (χ2n) is 3.27. The van der Waals surface area contributed by atoms with Gasteiger partial charge >= 0.3 is 5.97 Å². The molecular formula is C12H9ClN2O2S. The van der Waals surface area contributed by atoms with E-state index in [1.165, 1.54) is 31.4 Å². The Labute approximate surface area is 113 Å². The molecule has 0 fully saturated rings. The van der Waals surface area contributed by atoms with Crippen molar-refractivity contribution in [3.8, 4) is 0 Å². The molecule has 0 bridgehead atoms. The Morgan fingerprint density at radius 3 is 2.89 bits per heavy atom. The predicted molar refractivity (Wildman–Crippen MR) is 68.9 cm³/mol. The average molecular weight is 281 g/mol. The first kappa shape index (κ1) is 12.9. The first-order chi connectivity index (χ1) is 8.72. The Kier molecular flexibility index (Phi) is 4.17. The van der Waals surface area contributed by atoms with Gasteiger partial charge in [0.2, 0.25) is 0 Å². The van der Waals surface area contributed by atoms with Crippen LogP contribution in [0.4, 0.5) is 0 Å². The van der Waals surface area contributed by atoms with Gasteiger partial charge < -0.3 is 4.74 Å². The number of nitrogens with zero attached hydrogens (tertiary/aromatic N) is 2. The van der Waals surface area contributed by atoms with Crippen molar-refractivity contribution >= 4 is 29.3 Å². The van der Waals surface area contributed by atoms with E-state index in [1.54, 1.807) is 6.07 Å². The van der Waals surface area contributed by atoms with E-state index < -0.39 is 5.97 Å². The zero-order valence-electron chi connectivity index (χ0n) is 9.46. The third kappa shape index (κ3) is 2.80. The summed E-state index contributed by atoms with van der Waals surface area (Å²) in [5.74, 6) is -0.467. The Hall–Kier alpha value is -1.59. The predicted octanol–water partition coefficient (Wildman–Crippen LogP) is 3.07. The molecule has 2 aromatic rings. The number of ether oxygens (including phenoxy) is 1. The monoisotopic (exact) mass is 280 g/mol. The van der Waals surface area contributed by atoms with Crippen LogP contribution in [0.1, 0.15) is 10.4 Å². The number of hydrogen-bond donors (Lipinski definition) is 0. The van der Waals surface area contributed by atoms with Crippen molar-refractivity contribution in [3.63, 3.8) is 0 Å². The van der Waals surface area contributed by atoms with Gasteiger partial charge in [-0.05, 0) is 12.1 Å². The zero-order valence-corrected chi connectivity index (χ0v) is 11.0. The molecule has 0 saturated heterocycles. The Balaban J connectivity index is 2.35. The van der Waals surface area contributed by atoms with Crippen LogP contribution in [0.5, 0.6) is 0 Å². The number of halogens is 1. The lowest BCUT2D eigenvalue weighted by atomic mass is 10.3. The van der Waals surface area contributed by atoms with E-state index in [1.807, 2.05) is 18.2 Å². The fourth-order valence-corrected chi connectivity index (χ4v) is 2.40. The lowest BCUT2D eigenvalue weighted by Gasteiger charge is -2.06. The van der Waals surface area contributed by atoms with Gasteiger partial charge in [0.15, 0.2) is 0 Å². The van der Waals surface area contributed by atoms with E-state index in [0.29, 0.717) is 15.6 Å². The van der Waals surface area contributed by atoms with E-state index in [-0.39, 0.29) is 0 Å². The first-order valence-electron chi connectivity index (χ1n) is 5.03. The molecule has 0 spiro atoms. The summed E-state index contributed by atoms with van der Waals surface area (Å²) in [5, 5.41) is 1.13. The molecular weight excluding hydrogens is 272 g/mol. The van der Waals surface area contributed by atoms with Crippen molar-refractivity contribution in [3.05, 3.63) is 47.4 Å². The van der Waals surface area contributed by atoms with Crippen LogP contribution in [-0.4, -0.2) is 23.0 Å². The minimum absolute atomic E-state index is 0.324. The van der Waals surface area contributed by atoms with Crippen molar-refractivity contribution in [2.24, 2.45) is 0 Å². The summed E-state index contributed by atoms with van der Waals surface area (Å²) < 4.78 is 4.68. The van der Waals surface area contributed by atoms with E-state index >= 15 is 0 Å². The first-order valence-corrected chi connectivity index (χ1v) is 6.22. The molecule has 0 unspecified atom stereocenters. The van der Waals surface area contributed by atoms with Crippen LogP contribution in [0.2, 0.25) is 5.02 Å². The number of methoxy groups -OCH3 is 1. The van der Waals surface area contributed by atoms with Crippen LogP contribution in [0.25, 0.3) is 0 Å². The molecule has 6 heteroatoms. The number of carbonyl (C=O) groups excluding carboxylic acids is 1. The van der Waals surface area contributed by atoms with Crippen molar-refractivity contribution < 1.29 is 9.53 Å². The molecule has 0 N–H and O–H groups in total. The Morgan fingerprint density at radius 2 is 2.17 bits per heavy atom. The topological polar surface area (TPSA) is 52.1 Å². The van der Waals surface area contributed by atoms with Crippen LogP contribution in [-0.2, 0) is 4.74 Å². The third-order valence-corrected chi connectivity index (χ3v) is 3.66. The van der Waals surface area contributed by atoms with Gasteiger partial charge in [0, 0.05) is 11.1 Å². The van der Waals surface area contributed by atoms with Crippen molar-refractivity contribution in [1.82, 2.24) is 9.97 Å². The molecule has 0 amide bonds. The van der Waals surface area contributed by atoms with Crippen LogP contribution >= 0.6 is 23.4 Å². The van der Waals surface area contributed by atoms with Gasteiger partial charge in [-0.15, -0.1) is 0 Å². The van der Waals surface area contributed by atoms with Crippen LogP contribution in [0.3, 0.4) is 0 Å². The molecule has 1 aromatic carbocycles. The van der Waals surface area contributed by atoms with E-state index in [0.717, 1.165) is 4.90 Å². The highest BCUT2D eigenvalue weighted by Gasteiger charge is 2.15. The molecule has 0 atom stereocenters. The normalized spacial score (nSPS) is 10.1. The lowest BCUT2D eigenvalue weighted by molar-refractivity contribution is 0.0595. The smallest absolute Gasteiger partial charge is 0.342 e. The maximum absolute atomic E-state index is 11.6. The second-order valence-corrected chi connectivity index (χ2v) is 4.70. The summed E-state index contributed by atoms with van der Waals surface area (Å²) in [6.45, 7) is 0. The third-order valence-electron chi connectivity index (χ3n) is 2.12. The quantitative estimate of drug-likeness (QED) is 0.639. The average Bonchev–Trinajstić information content (AvgIpc) is 2.41. The molecule has 0 saturated carbocycles. The molecule has 0 aliphatic heterocycles. The summed E-state index contributed by atoms with van der Waals surface area (Å²) in [4.78, 5) is 20.3. The number of hydrogen-bond acceptors (Lipinski definition) is 5. The molecule has 0 aliphatic rings. The Morgan fingerprint density at radius 1 is 1.39 bits per heavy atom. The van der Waals surface area contributed by atoms with Gasteiger partial charge in [-0.1, -0.05) is 35.5 Å². The summed E-state index contributed by atoms with van der Waals surface area (Å²) in [6.07, 6.45) is 2.81. The highest BCUT2D eigenvalue weighted by Crippen LogP contribution is 2.33. The molecule has 4 nitrogen and oxygen atoms in total. The second kappa shape index (κ2) is 5.84. The van der Waals surface area contributed by atoms with Crippen LogP contribution in [0, 0.1) is 0 Å². The fourth-order valence-electron chi connectivity index (χ4n) is 1.28. The van der Waals surface area contributed by atoms with Crippen LogP contribution in [0.15, 0.2) is 46.7 Å². The fraction of sp³-hybridized carbons (Fsp3) is 0.0833. The van der Waals surface area contributed by atoms with Gasteiger partial charge in [-0.25, -0.2) is 14.8 Å². The Bertz CT molecular complexity index is 578. The molecule has 92 valence electrons. The number of aromatic nitrogens is 2.